The van der Waals surface area contributed by atoms with E-state index in [4.69, 9.17) is 9.47 Å². The maximum Gasteiger partial charge on any atom is 0.328 e. The molecule has 0 aromatic heterocycles. The van der Waals surface area contributed by atoms with Crippen molar-refractivity contribution in [3.05, 3.63) is 34.4 Å². The van der Waals surface area contributed by atoms with Crippen LogP contribution in [-0.4, -0.2) is 66.8 Å². The van der Waals surface area contributed by atoms with Crippen molar-refractivity contribution in [2.24, 2.45) is 0 Å². The van der Waals surface area contributed by atoms with Crippen LogP contribution in [0.4, 0.5) is 5.69 Å². The van der Waals surface area contributed by atoms with Gasteiger partial charge in [0, 0.05) is 25.1 Å². The number of rotatable bonds is 9. The van der Waals surface area contributed by atoms with Crippen molar-refractivity contribution in [1.82, 2.24) is 9.62 Å². The molecule has 1 saturated heterocycles. The van der Waals surface area contributed by atoms with Crippen molar-refractivity contribution in [2.75, 3.05) is 13.7 Å². The summed E-state index contributed by atoms with van der Waals surface area (Å²) in [5.74, 6) is -2.04. The summed E-state index contributed by atoms with van der Waals surface area (Å²) in [5, 5.41) is 13.3. The molecule has 0 unspecified atom stereocenters. The van der Waals surface area contributed by atoms with E-state index in [1.54, 1.807) is 20.8 Å². The van der Waals surface area contributed by atoms with Crippen molar-refractivity contribution >= 4 is 33.6 Å². The first kappa shape index (κ1) is 27.2. The molecular formula is C21H29N3O9S. The van der Waals surface area contributed by atoms with E-state index in [2.05, 4.69) is 5.32 Å². The second-order valence-corrected chi connectivity index (χ2v) is 10.6. The fraction of sp³-hybridized carbons (Fsp3) is 0.571. The van der Waals surface area contributed by atoms with Crippen molar-refractivity contribution in [1.29, 1.82) is 0 Å². The Morgan fingerprint density at radius 1 is 1.24 bits per heavy atom. The third kappa shape index (κ3) is 6.97. The Kier molecular flexibility index (Phi) is 8.72. The molecule has 2 atom stereocenters. The largest absolute Gasteiger partial charge is 0.467 e. The van der Waals surface area contributed by atoms with E-state index in [0.717, 1.165) is 35.7 Å². The number of nitro groups is 1. The molecule has 1 aromatic carbocycles. The zero-order valence-corrected chi connectivity index (χ0v) is 20.3. The molecule has 1 aliphatic heterocycles. The number of nitrogens with zero attached hydrogens (tertiary/aromatic N) is 2. The number of ether oxygens (including phenoxy) is 2. The minimum absolute atomic E-state index is 0.0677. The van der Waals surface area contributed by atoms with Crippen LogP contribution < -0.4 is 5.32 Å². The van der Waals surface area contributed by atoms with Gasteiger partial charge in [-0.2, -0.15) is 4.31 Å². The normalized spacial score (nSPS) is 17.6. The highest BCUT2D eigenvalue weighted by Crippen LogP contribution is 2.27. The summed E-state index contributed by atoms with van der Waals surface area (Å²) < 4.78 is 37.1. The molecule has 0 aliphatic carbocycles. The van der Waals surface area contributed by atoms with Crippen LogP contribution >= 0.6 is 0 Å². The maximum atomic E-state index is 13.1. The number of methoxy groups -OCH3 is 1. The summed E-state index contributed by atoms with van der Waals surface area (Å²) >= 11 is 0. The van der Waals surface area contributed by atoms with Gasteiger partial charge in [0.05, 0.1) is 16.9 Å². The van der Waals surface area contributed by atoms with Crippen LogP contribution in [0.2, 0.25) is 0 Å². The zero-order chi connectivity index (χ0) is 25.7. The fourth-order valence-corrected chi connectivity index (χ4v) is 5.14. The molecule has 1 fully saturated rings. The Morgan fingerprint density at radius 3 is 2.38 bits per heavy atom. The molecular weight excluding hydrogens is 470 g/mol. The monoisotopic (exact) mass is 499 g/mol. The molecule has 0 spiro atoms. The Bertz CT molecular complexity index is 1030. The Morgan fingerprint density at radius 2 is 1.85 bits per heavy atom. The summed E-state index contributed by atoms with van der Waals surface area (Å²) in [6.07, 6.45) is 0.380. The van der Waals surface area contributed by atoms with Crippen molar-refractivity contribution in [3.8, 4) is 0 Å². The number of amides is 1. The predicted molar refractivity (Wildman–Crippen MR) is 119 cm³/mol. The van der Waals surface area contributed by atoms with Gasteiger partial charge in [0.1, 0.15) is 17.7 Å². The average molecular weight is 500 g/mol. The number of benzene rings is 1. The van der Waals surface area contributed by atoms with Gasteiger partial charge in [0.2, 0.25) is 15.9 Å². The maximum absolute atomic E-state index is 13.1. The van der Waals surface area contributed by atoms with Gasteiger partial charge in [-0.05, 0) is 52.2 Å². The van der Waals surface area contributed by atoms with E-state index in [1.807, 2.05) is 0 Å². The summed E-state index contributed by atoms with van der Waals surface area (Å²) in [5.41, 5.74) is -0.974. The van der Waals surface area contributed by atoms with Gasteiger partial charge in [-0.25, -0.2) is 13.2 Å². The van der Waals surface area contributed by atoms with E-state index in [9.17, 15) is 32.9 Å². The minimum Gasteiger partial charge on any atom is -0.467 e. The minimum atomic E-state index is -4.12. The quantitative estimate of drug-likeness (QED) is 0.301. The van der Waals surface area contributed by atoms with Crippen LogP contribution in [0.1, 0.15) is 46.5 Å². The number of sulfonamides is 1. The highest BCUT2D eigenvalue weighted by molar-refractivity contribution is 7.89. The first-order chi connectivity index (χ1) is 15.8. The second-order valence-electron chi connectivity index (χ2n) is 8.73. The molecule has 1 aromatic rings. The van der Waals surface area contributed by atoms with Crippen molar-refractivity contribution in [3.63, 3.8) is 0 Å². The van der Waals surface area contributed by atoms with Crippen molar-refractivity contribution < 1.29 is 37.2 Å². The number of carbonyl (C=O) groups excluding carboxylic acids is 3. The van der Waals surface area contributed by atoms with Gasteiger partial charge in [-0.3, -0.25) is 19.7 Å². The van der Waals surface area contributed by atoms with E-state index in [-0.39, 0.29) is 36.4 Å². The zero-order valence-electron chi connectivity index (χ0n) is 19.5. The van der Waals surface area contributed by atoms with Gasteiger partial charge in [0.25, 0.3) is 5.69 Å². The number of hydrogen-bond acceptors (Lipinski definition) is 9. The number of esters is 2. The first-order valence-corrected chi connectivity index (χ1v) is 12.1. The molecule has 1 N–H and O–H groups in total. The standard InChI is InChI=1S/C21H29N3O9S/c1-21(2,3)33-18(25)12-11-16(20(27)32-4)22-19(26)17-6-5-13-23(17)34(30,31)15-9-7-14(8-10-15)24(28)29/h7-10,16-17H,5-6,11-13H2,1-4H3,(H,22,26)/t16-,17-/m0/s1. The Balaban J connectivity index is 2.14. The molecule has 13 heteroatoms. The molecule has 34 heavy (non-hydrogen) atoms. The lowest BCUT2D eigenvalue weighted by atomic mass is 10.1. The molecule has 188 valence electrons. The van der Waals surface area contributed by atoms with Crippen LogP contribution in [0.3, 0.4) is 0 Å². The number of nitrogens with one attached hydrogen (secondary N) is 1. The van der Waals surface area contributed by atoms with Gasteiger partial charge >= 0.3 is 11.9 Å². The van der Waals surface area contributed by atoms with Crippen molar-refractivity contribution in [2.45, 2.75) is 69.0 Å². The smallest absolute Gasteiger partial charge is 0.328 e. The molecule has 0 saturated carbocycles. The van der Waals surface area contributed by atoms with Gasteiger partial charge in [-0.15, -0.1) is 0 Å². The van der Waals surface area contributed by atoms with Crippen LogP contribution in [0, 0.1) is 10.1 Å². The molecule has 0 bridgehead atoms. The summed E-state index contributed by atoms with van der Waals surface area (Å²) in [7, 11) is -2.99. The van der Waals surface area contributed by atoms with E-state index in [1.165, 1.54) is 0 Å². The highest BCUT2D eigenvalue weighted by Gasteiger charge is 2.40. The van der Waals surface area contributed by atoms with E-state index < -0.39 is 50.5 Å². The summed E-state index contributed by atoms with van der Waals surface area (Å²) in [6, 6.07) is 2.10. The third-order valence-electron chi connectivity index (χ3n) is 5.02. The number of hydrogen-bond donors (Lipinski definition) is 1. The molecule has 0 radical (unpaired) electrons. The average Bonchev–Trinajstić information content (AvgIpc) is 3.26. The highest BCUT2D eigenvalue weighted by atomic mass is 32.2. The Hall–Kier alpha value is -3.06. The molecule has 12 nitrogen and oxygen atoms in total. The van der Waals surface area contributed by atoms with Crippen LogP contribution in [-0.2, 0) is 33.9 Å². The topological polar surface area (TPSA) is 162 Å². The van der Waals surface area contributed by atoms with E-state index >= 15 is 0 Å². The first-order valence-electron chi connectivity index (χ1n) is 10.6. The predicted octanol–water partition coefficient (Wildman–Crippen LogP) is 1.53. The molecule has 1 heterocycles. The van der Waals surface area contributed by atoms with Crippen LogP contribution in [0.15, 0.2) is 29.2 Å². The lowest BCUT2D eigenvalue weighted by molar-refractivity contribution is -0.384. The van der Waals surface area contributed by atoms with Gasteiger partial charge in [-0.1, -0.05) is 0 Å². The van der Waals surface area contributed by atoms with Gasteiger partial charge < -0.3 is 14.8 Å². The SMILES string of the molecule is COC(=O)[C@H](CCC(=O)OC(C)(C)C)NC(=O)[C@@H]1CCCN1S(=O)(=O)c1ccc([N+](=O)[O-])cc1. The number of non-ortho nitro benzene ring substituents is 1. The second kappa shape index (κ2) is 10.9. The lowest BCUT2D eigenvalue weighted by Gasteiger charge is -2.25. The molecule has 1 aliphatic rings. The third-order valence-corrected chi connectivity index (χ3v) is 6.94. The lowest BCUT2D eigenvalue weighted by Crippen LogP contribution is -2.51. The number of carbonyl (C=O) groups is 3. The fourth-order valence-electron chi connectivity index (χ4n) is 3.48. The van der Waals surface area contributed by atoms with Crippen LogP contribution in [0.25, 0.3) is 0 Å². The molecule has 2 rings (SSSR count). The summed E-state index contributed by atoms with van der Waals surface area (Å²) in [4.78, 5) is 47.1. The Labute approximate surface area is 197 Å². The van der Waals surface area contributed by atoms with Crippen LogP contribution in [0.5, 0.6) is 0 Å². The number of nitro benzene ring substituents is 1. The summed E-state index contributed by atoms with van der Waals surface area (Å²) in [6.45, 7) is 5.16. The van der Waals surface area contributed by atoms with Gasteiger partial charge in [0.15, 0.2) is 0 Å². The molecule has 1 amide bonds. The van der Waals surface area contributed by atoms with E-state index in [0.29, 0.717) is 6.42 Å².